The third-order valence-electron chi connectivity index (χ3n) is 3.63. The molecule has 0 radical (unpaired) electrons. The number of hydrogen-bond donors (Lipinski definition) is 2. The topological polar surface area (TPSA) is 61.4 Å². The fraction of sp³-hybridized carbons (Fsp3) is 0.571. The van der Waals surface area contributed by atoms with Gasteiger partial charge in [-0.05, 0) is 31.3 Å². The third kappa shape index (κ3) is 4.05. The number of carbonyl (C=O) groups excluding carboxylic acids is 2. The lowest BCUT2D eigenvalue weighted by Gasteiger charge is -2.31. The molecule has 2 N–H and O–H groups in total. The lowest BCUT2D eigenvalue weighted by atomic mass is 10.1. The fourth-order valence-electron chi connectivity index (χ4n) is 2.35. The summed E-state index contributed by atoms with van der Waals surface area (Å²) in [5.74, 6) is 0.0349. The predicted octanol–water partition coefficient (Wildman–Crippen LogP) is 1.08. The number of hydrogen-bond acceptors (Lipinski definition) is 4. The van der Waals surface area contributed by atoms with Crippen LogP contribution in [0.4, 0.5) is 0 Å². The maximum absolute atomic E-state index is 12.0. The van der Waals surface area contributed by atoms with Gasteiger partial charge in [-0.15, -0.1) is 11.3 Å². The van der Waals surface area contributed by atoms with E-state index in [1.54, 1.807) is 6.07 Å². The molecule has 110 valence electrons. The van der Waals surface area contributed by atoms with Gasteiger partial charge in [0.1, 0.15) is 0 Å². The highest BCUT2D eigenvalue weighted by atomic mass is 32.1. The van der Waals surface area contributed by atoms with Gasteiger partial charge in [-0.3, -0.25) is 9.59 Å². The Morgan fingerprint density at radius 3 is 2.75 bits per heavy atom. The van der Waals surface area contributed by atoms with Crippen molar-refractivity contribution in [1.29, 1.82) is 0 Å². The summed E-state index contributed by atoms with van der Waals surface area (Å²) >= 11 is 1.41. The van der Waals surface area contributed by atoms with Crippen LogP contribution in [0.3, 0.4) is 0 Å². The molecule has 0 saturated carbocycles. The van der Waals surface area contributed by atoms with Crippen molar-refractivity contribution >= 4 is 23.2 Å². The van der Waals surface area contributed by atoms with Gasteiger partial charge in [0.2, 0.25) is 5.91 Å². The highest BCUT2D eigenvalue weighted by Gasteiger charge is 2.21. The van der Waals surface area contributed by atoms with Crippen molar-refractivity contribution in [2.75, 3.05) is 26.7 Å². The van der Waals surface area contributed by atoms with Gasteiger partial charge in [-0.2, -0.15) is 0 Å². The Balaban J connectivity index is 1.67. The maximum Gasteiger partial charge on any atom is 0.261 e. The molecule has 5 nitrogen and oxygen atoms in total. The molecule has 6 heteroatoms. The van der Waals surface area contributed by atoms with Gasteiger partial charge in [0, 0.05) is 32.1 Å². The third-order valence-corrected chi connectivity index (χ3v) is 4.49. The Morgan fingerprint density at radius 2 is 2.15 bits per heavy atom. The van der Waals surface area contributed by atoms with Crippen LogP contribution in [-0.4, -0.2) is 49.4 Å². The van der Waals surface area contributed by atoms with Crippen LogP contribution < -0.4 is 10.6 Å². The highest BCUT2D eigenvalue weighted by Crippen LogP contribution is 2.11. The number of piperidine rings is 1. The smallest absolute Gasteiger partial charge is 0.261 e. The first-order chi connectivity index (χ1) is 9.70. The molecule has 0 spiro atoms. The zero-order valence-electron chi connectivity index (χ0n) is 11.7. The van der Waals surface area contributed by atoms with Crippen molar-refractivity contribution in [2.24, 2.45) is 0 Å². The molecule has 20 heavy (non-hydrogen) atoms. The van der Waals surface area contributed by atoms with Crippen LogP contribution >= 0.6 is 11.3 Å². The molecule has 0 atom stereocenters. The lowest BCUT2D eigenvalue weighted by molar-refractivity contribution is -0.132. The van der Waals surface area contributed by atoms with Crippen LogP contribution in [0.5, 0.6) is 0 Å². The molecule has 0 aliphatic carbocycles. The Labute approximate surface area is 123 Å². The quantitative estimate of drug-likeness (QED) is 0.854. The summed E-state index contributed by atoms with van der Waals surface area (Å²) in [6.45, 7) is 2.02. The van der Waals surface area contributed by atoms with E-state index in [4.69, 9.17) is 0 Å². The van der Waals surface area contributed by atoms with Crippen molar-refractivity contribution in [3.05, 3.63) is 22.4 Å². The molecule has 1 aromatic rings. The summed E-state index contributed by atoms with van der Waals surface area (Å²) in [7, 11) is 1.96. The molecule has 2 heterocycles. The standard InChI is InChI=1S/C14H21N3O2S/c1-15-11-5-8-17(9-6-11)13(18)4-7-16-14(19)12-3-2-10-20-12/h2-3,10-11,15H,4-9H2,1H3,(H,16,19). The number of nitrogens with one attached hydrogen (secondary N) is 2. The molecule has 2 amide bonds. The van der Waals surface area contributed by atoms with E-state index < -0.39 is 0 Å². The van der Waals surface area contributed by atoms with Crippen molar-refractivity contribution in [1.82, 2.24) is 15.5 Å². The number of amides is 2. The van der Waals surface area contributed by atoms with Gasteiger partial charge in [-0.1, -0.05) is 6.07 Å². The molecule has 1 aromatic heterocycles. The van der Waals surface area contributed by atoms with Crippen molar-refractivity contribution in [3.8, 4) is 0 Å². The monoisotopic (exact) mass is 295 g/mol. The molecule has 0 bridgehead atoms. The molecule has 0 aromatic carbocycles. The molecule has 2 rings (SSSR count). The number of nitrogens with zero attached hydrogens (tertiary/aromatic N) is 1. The molecule has 1 fully saturated rings. The summed E-state index contributed by atoms with van der Waals surface area (Å²) < 4.78 is 0. The van der Waals surface area contributed by atoms with Crippen molar-refractivity contribution < 1.29 is 9.59 Å². The van der Waals surface area contributed by atoms with Gasteiger partial charge in [0.05, 0.1) is 4.88 Å². The first-order valence-corrected chi connectivity index (χ1v) is 7.85. The molecule has 1 aliphatic rings. The summed E-state index contributed by atoms with van der Waals surface area (Å²) in [6.07, 6.45) is 2.38. The van der Waals surface area contributed by atoms with Crippen LogP contribution in [0.15, 0.2) is 17.5 Å². The number of carbonyl (C=O) groups is 2. The minimum atomic E-state index is -0.0957. The number of rotatable bonds is 5. The fourth-order valence-corrected chi connectivity index (χ4v) is 2.99. The van der Waals surface area contributed by atoms with Crippen molar-refractivity contribution in [3.63, 3.8) is 0 Å². The highest BCUT2D eigenvalue weighted by molar-refractivity contribution is 7.12. The summed E-state index contributed by atoms with van der Waals surface area (Å²) in [4.78, 5) is 26.3. The second-order valence-electron chi connectivity index (χ2n) is 4.93. The van der Waals surface area contributed by atoms with Gasteiger partial charge in [0.15, 0.2) is 0 Å². The van der Waals surface area contributed by atoms with Gasteiger partial charge < -0.3 is 15.5 Å². The van der Waals surface area contributed by atoms with Gasteiger partial charge in [-0.25, -0.2) is 0 Å². The van der Waals surface area contributed by atoms with E-state index in [0.717, 1.165) is 25.9 Å². The van der Waals surface area contributed by atoms with E-state index in [1.807, 2.05) is 23.4 Å². The molecular formula is C14H21N3O2S. The molecule has 0 unspecified atom stereocenters. The second-order valence-corrected chi connectivity index (χ2v) is 5.87. The first kappa shape index (κ1) is 15.0. The summed E-state index contributed by atoms with van der Waals surface area (Å²) in [5.41, 5.74) is 0. The number of thiophene rings is 1. The van der Waals surface area contributed by atoms with Gasteiger partial charge >= 0.3 is 0 Å². The minimum Gasteiger partial charge on any atom is -0.351 e. The van der Waals surface area contributed by atoms with Gasteiger partial charge in [0.25, 0.3) is 5.91 Å². The van der Waals surface area contributed by atoms with Crippen LogP contribution in [0.2, 0.25) is 0 Å². The van der Waals surface area contributed by atoms with E-state index in [-0.39, 0.29) is 11.8 Å². The van der Waals surface area contributed by atoms with Crippen LogP contribution in [0.1, 0.15) is 28.9 Å². The summed E-state index contributed by atoms with van der Waals surface area (Å²) in [6, 6.07) is 4.15. The largest absolute Gasteiger partial charge is 0.351 e. The Bertz CT molecular complexity index is 439. The first-order valence-electron chi connectivity index (χ1n) is 6.97. The predicted molar refractivity (Wildman–Crippen MR) is 79.9 cm³/mol. The SMILES string of the molecule is CNC1CCN(C(=O)CCNC(=O)c2cccs2)CC1. The van der Waals surface area contributed by atoms with E-state index in [1.165, 1.54) is 11.3 Å². The lowest BCUT2D eigenvalue weighted by Crippen LogP contribution is -2.44. The average Bonchev–Trinajstić information content (AvgIpc) is 3.01. The summed E-state index contributed by atoms with van der Waals surface area (Å²) in [5, 5.41) is 7.90. The maximum atomic E-state index is 12.0. The zero-order valence-corrected chi connectivity index (χ0v) is 12.5. The Morgan fingerprint density at radius 1 is 1.40 bits per heavy atom. The Kier molecular flexibility index (Phi) is 5.55. The van der Waals surface area contributed by atoms with E-state index >= 15 is 0 Å². The minimum absolute atomic E-state index is 0.0957. The number of likely N-dealkylation sites (tertiary alicyclic amines) is 1. The van der Waals surface area contributed by atoms with Crippen LogP contribution in [-0.2, 0) is 4.79 Å². The molecule has 1 aliphatic heterocycles. The molecule has 1 saturated heterocycles. The van der Waals surface area contributed by atoms with Crippen LogP contribution in [0, 0.1) is 0 Å². The van der Waals surface area contributed by atoms with E-state index in [0.29, 0.717) is 23.9 Å². The normalized spacial score (nSPS) is 16.1. The van der Waals surface area contributed by atoms with Crippen LogP contribution in [0.25, 0.3) is 0 Å². The van der Waals surface area contributed by atoms with Crippen molar-refractivity contribution in [2.45, 2.75) is 25.3 Å². The van der Waals surface area contributed by atoms with E-state index in [2.05, 4.69) is 10.6 Å². The second kappa shape index (κ2) is 7.40. The Hall–Kier alpha value is -1.40. The molecular weight excluding hydrogens is 274 g/mol. The zero-order chi connectivity index (χ0) is 14.4. The van der Waals surface area contributed by atoms with E-state index in [9.17, 15) is 9.59 Å². The average molecular weight is 295 g/mol.